The summed E-state index contributed by atoms with van der Waals surface area (Å²) in [7, 11) is 2.18. The number of nitrogens with zero attached hydrogens (tertiary/aromatic N) is 2. The molecule has 2 rings (SSSR count). The second-order valence-electron chi connectivity index (χ2n) is 3.97. The van der Waals surface area contributed by atoms with Crippen LogP contribution in [0.15, 0.2) is 0 Å². The Bertz CT molecular complexity index is 322. The maximum absolute atomic E-state index is 4.64. The number of likely N-dealkylation sites (N-methyl/N-ethyl adjacent to an activating group) is 1. The zero-order chi connectivity index (χ0) is 10.1. The number of thiol groups is 1. The summed E-state index contributed by atoms with van der Waals surface area (Å²) in [5, 5.41) is 1.32. The molecule has 4 heteroatoms. The fourth-order valence-corrected chi connectivity index (χ4v) is 3.38. The Hall–Kier alpha value is -0.0600. The van der Waals surface area contributed by atoms with E-state index in [-0.39, 0.29) is 0 Å². The molecule has 0 saturated carbocycles. The maximum Gasteiger partial charge on any atom is 0.0975 e. The summed E-state index contributed by atoms with van der Waals surface area (Å²) in [5.41, 5.74) is 1.18. The highest BCUT2D eigenvalue weighted by atomic mass is 32.1. The summed E-state index contributed by atoms with van der Waals surface area (Å²) in [6, 6.07) is 0. The van der Waals surface area contributed by atoms with Gasteiger partial charge in [0.15, 0.2) is 0 Å². The Morgan fingerprint density at radius 2 is 2.43 bits per heavy atom. The molecule has 0 amide bonds. The molecule has 2 nitrogen and oxygen atoms in total. The van der Waals surface area contributed by atoms with Gasteiger partial charge >= 0.3 is 0 Å². The Balaban J connectivity index is 2.16. The van der Waals surface area contributed by atoms with Gasteiger partial charge in [-0.05, 0) is 26.9 Å². The molecule has 1 unspecified atom stereocenters. The van der Waals surface area contributed by atoms with Crippen LogP contribution in [0.3, 0.4) is 0 Å². The average molecular weight is 228 g/mol. The van der Waals surface area contributed by atoms with Crippen LogP contribution in [0.5, 0.6) is 0 Å². The van der Waals surface area contributed by atoms with Gasteiger partial charge in [0, 0.05) is 23.1 Å². The van der Waals surface area contributed by atoms with Crippen molar-refractivity contribution in [2.45, 2.75) is 25.0 Å². The van der Waals surface area contributed by atoms with Crippen molar-refractivity contribution in [1.29, 1.82) is 0 Å². The first-order valence-corrected chi connectivity index (χ1v) is 6.41. The van der Waals surface area contributed by atoms with Crippen molar-refractivity contribution in [3.05, 3.63) is 15.6 Å². The van der Waals surface area contributed by atoms with Gasteiger partial charge in [0.1, 0.15) is 0 Å². The van der Waals surface area contributed by atoms with Gasteiger partial charge < -0.3 is 4.90 Å². The molecule has 1 aliphatic rings. The fourth-order valence-electron chi connectivity index (χ4n) is 1.91. The van der Waals surface area contributed by atoms with Crippen molar-refractivity contribution in [3.8, 4) is 0 Å². The highest BCUT2D eigenvalue weighted by molar-refractivity contribution is 7.79. The van der Waals surface area contributed by atoms with E-state index in [0.717, 1.165) is 5.75 Å². The standard InChI is InChI=1S/C10H16N2S2/c1-7-9(6-13)14-10(11-7)8-3-4-12(2)5-8/h8,13H,3-6H2,1-2H3. The second kappa shape index (κ2) is 4.21. The van der Waals surface area contributed by atoms with E-state index in [1.807, 2.05) is 11.3 Å². The molecule has 0 bridgehead atoms. The summed E-state index contributed by atoms with van der Waals surface area (Å²) in [5.74, 6) is 1.49. The zero-order valence-electron chi connectivity index (χ0n) is 8.66. The van der Waals surface area contributed by atoms with Crippen molar-refractivity contribution in [2.24, 2.45) is 0 Å². The third-order valence-corrected chi connectivity index (χ3v) is 4.64. The van der Waals surface area contributed by atoms with Crippen LogP contribution in [0, 0.1) is 6.92 Å². The molecule has 14 heavy (non-hydrogen) atoms. The molecule has 1 atom stereocenters. The number of hydrogen-bond donors (Lipinski definition) is 1. The molecule has 1 fully saturated rings. The van der Waals surface area contributed by atoms with Crippen LogP contribution in [0.2, 0.25) is 0 Å². The van der Waals surface area contributed by atoms with Crippen LogP contribution >= 0.6 is 24.0 Å². The number of aromatic nitrogens is 1. The highest BCUT2D eigenvalue weighted by Crippen LogP contribution is 2.31. The number of aryl methyl sites for hydroxylation is 1. The second-order valence-corrected chi connectivity index (χ2v) is 5.40. The molecule has 0 N–H and O–H groups in total. The van der Waals surface area contributed by atoms with E-state index in [4.69, 9.17) is 0 Å². The highest BCUT2D eigenvalue weighted by Gasteiger charge is 2.24. The third kappa shape index (κ3) is 1.97. The van der Waals surface area contributed by atoms with Crippen molar-refractivity contribution < 1.29 is 0 Å². The van der Waals surface area contributed by atoms with E-state index in [1.165, 1.54) is 35.1 Å². The van der Waals surface area contributed by atoms with Gasteiger partial charge in [0.05, 0.1) is 10.7 Å². The normalized spacial score (nSPS) is 23.2. The lowest BCUT2D eigenvalue weighted by atomic mass is 10.1. The number of rotatable bonds is 2. The van der Waals surface area contributed by atoms with E-state index < -0.39 is 0 Å². The molecule has 1 aromatic heterocycles. The van der Waals surface area contributed by atoms with Crippen LogP contribution in [0.4, 0.5) is 0 Å². The molecule has 0 aliphatic carbocycles. The molecule has 2 heterocycles. The molecular formula is C10H16N2S2. The average Bonchev–Trinajstić information content (AvgIpc) is 2.71. The largest absolute Gasteiger partial charge is 0.306 e. The third-order valence-electron chi connectivity index (χ3n) is 2.79. The van der Waals surface area contributed by atoms with Gasteiger partial charge in [-0.2, -0.15) is 12.6 Å². The van der Waals surface area contributed by atoms with Crippen LogP contribution in [-0.2, 0) is 5.75 Å². The molecule has 0 aromatic carbocycles. The first kappa shape index (κ1) is 10.5. The van der Waals surface area contributed by atoms with Gasteiger partial charge in [-0.1, -0.05) is 0 Å². The van der Waals surface area contributed by atoms with Gasteiger partial charge in [-0.3, -0.25) is 0 Å². The quantitative estimate of drug-likeness (QED) is 0.782. The monoisotopic (exact) mass is 228 g/mol. The molecule has 0 spiro atoms. The van der Waals surface area contributed by atoms with Crippen LogP contribution in [0.25, 0.3) is 0 Å². The Labute approximate surface area is 94.8 Å². The predicted octanol–water partition coefficient (Wildman–Crippen LogP) is 2.30. The minimum atomic E-state index is 0.664. The van der Waals surface area contributed by atoms with Crippen LogP contribution < -0.4 is 0 Å². The molecule has 0 radical (unpaired) electrons. The Morgan fingerprint density at radius 3 is 2.93 bits per heavy atom. The first-order valence-electron chi connectivity index (χ1n) is 4.96. The number of thiazole rings is 1. The Morgan fingerprint density at radius 1 is 1.64 bits per heavy atom. The van der Waals surface area contributed by atoms with E-state index >= 15 is 0 Å². The fraction of sp³-hybridized carbons (Fsp3) is 0.700. The molecule has 1 aromatic rings. The predicted molar refractivity (Wildman–Crippen MR) is 64.4 cm³/mol. The SMILES string of the molecule is Cc1nc(C2CCN(C)C2)sc1CS. The number of likely N-dealkylation sites (tertiary alicyclic amines) is 1. The molecule has 78 valence electrons. The summed E-state index contributed by atoms with van der Waals surface area (Å²) in [6.07, 6.45) is 1.26. The summed E-state index contributed by atoms with van der Waals surface area (Å²) in [4.78, 5) is 8.35. The molecule has 1 aliphatic heterocycles. The van der Waals surface area contributed by atoms with Crippen molar-refractivity contribution in [1.82, 2.24) is 9.88 Å². The van der Waals surface area contributed by atoms with Crippen LogP contribution in [-0.4, -0.2) is 30.0 Å². The van der Waals surface area contributed by atoms with Gasteiger partial charge in [0.2, 0.25) is 0 Å². The summed E-state index contributed by atoms with van der Waals surface area (Å²) >= 11 is 6.16. The lowest BCUT2D eigenvalue weighted by Gasteiger charge is -2.06. The minimum absolute atomic E-state index is 0.664. The van der Waals surface area contributed by atoms with Gasteiger partial charge in [0.25, 0.3) is 0 Å². The van der Waals surface area contributed by atoms with Gasteiger partial charge in [-0.25, -0.2) is 4.98 Å². The summed E-state index contributed by atoms with van der Waals surface area (Å²) in [6.45, 7) is 4.46. The molecular weight excluding hydrogens is 212 g/mol. The van der Waals surface area contributed by atoms with Crippen molar-refractivity contribution in [3.63, 3.8) is 0 Å². The first-order chi connectivity index (χ1) is 6.70. The topological polar surface area (TPSA) is 16.1 Å². The van der Waals surface area contributed by atoms with E-state index in [0.29, 0.717) is 5.92 Å². The lowest BCUT2D eigenvalue weighted by molar-refractivity contribution is 0.411. The lowest BCUT2D eigenvalue weighted by Crippen LogP contribution is -2.13. The minimum Gasteiger partial charge on any atom is -0.306 e. The number of hydrogen-bond acceptors (Lipinski definition) is 4. The van der Waals surface area contributed by atoms with E-state index in [1.54, 1.807) is 0 Å². The van der Waals surface area contributed by atoms with Crippen molar-refractivity contribution in [2.75, 3.05) is 20.1 Å². The zero-order valence-corrected chi connectivity index (χ0v) is 10.4. The van der Waals surface area contributed by atoms with E-state index in [9.17, 15) is 0 Å². The summed E-state index contributed by atoms with van der Waals surface area (Å²) < 4.78 is 0. The van der Waals surface area contributed by atoms with Gasteiger partial charge in [-0.15, -0.1) is 11.3 Å². The molecule has 1 saturated heterocycles. The Kier molecular flexibility index (Phi) is 3.14. The smallest absolute Gasteiger partial charge is 0.0975 e. The van der Waals surface area contributed by atoms with Crippen molar-refractivity contribution >= 4 is 24.0 Å². The maximum atomic E-state index is 4.64. The van der Waals surface area contributed by atoms with Crippen LogP contribution in [0.1, 0.15) is 27.9 Å². The van der Waals surface area contributed by atoms with E-state index in [2.05, 4.69) is 36.5 Å².